The first-order valence-electron chi connectivity index (χ1n) is 9.07. The van der Waals surface area contributed by atoms with Crippen LogP contribution in [0.3, 0.4) is 0 Å². The Labute approximate surface area is 153 Å². The van der Waals surface area contributed by atoms with Crippen LogP contribution in [-0.2, 0) is 0 Å². The minimum atomic E-state index is -0.0625. The van der Waals surface area contributed by atoms with Gasteiger partial charge in [0.15, 0.2) is 0 Å². The van der Waals surface area contributed by atoms with Crippen LogP contribution in [-0.4, -0.2) is 37.0 Å². The molecule has 5 heteroatoms. The smallest absolute Gasteiger partial charge is 0.255 e. The van der Waals surface area contributed by atoms with Crippen LogP contribution in [0.1, 0.15) is 47.5 Å². The van der Waals surface area contributed by atoms with E-state index in [1.54, 1.807) is 11.3 Å². The molecule has 1 aromatic heterocycles. The van der Waals surface area contributed by atoms with Gasteiger partial charge < -0.3 is 10.1 Å². The van der Waals surface area contributed by atoms with E-state index < -0.39 is 0 Å². The number of thiophene rings is 1. The van der Waals surface area contributed by atoms with Crippen molar-refractivity contribution in [2.24, 2.45) is 0 Å². The van der Waals surface area contributed by atoms with Gasteiger partial charge >= 0.3 is 0 Å². The van der Waals surface area contributed by atoms with Gasteiger partial charge in [-0.3, -0.25) is 9.69 Å². The van der Waals surface area contributed by atoms with Gasteiger partial charge in [-0.1, -0.05) is 25.1 Å². The zero-order valence-electron chi connectivity index (χ0n) is 14.7. The highest BCUT2D eigenvalue weighted by molar-refractivity contribution is 7.10. The molecule has 1 amide bonds. The zero-order valence-corrected chi connectivity index (χ0v) is 15.6. The second-order valence-electron chi connectivity index (χ2n) is 6.33. The van der Waals surface area contributed by atoms with Crippen LogP contribution in [0.2, 0.25) is 0 Å². The maximum absolute atomic E-state index is 12.7. The van der Waals surface area contributed by atoms with Crippen molar-refractivity contribution in [2.75, 3.05) is 26.2 Å². The molecule has 2 aromatic rings. The van der Waals surface area contributed by atoms with Crippen LogP contribution in [0.25, 0.3) is 0 Å². The quantitative estimate of drug-likeness (QED) is 0.772. The predicted octanol–water partition coefficient (Wildman–Crippen LogP) is 4.10. The maximum Gasteiger partial charge on any atom is 0.255 e. The summed E-state index contributed by atoms with van der Waals surface area (Å²) in [5, 5.41) is 5.23. The summed E-state index contributed by atoms with van der Waals surface area (Å²) in [5.74, 6) is 0.600. The molecule has 0 saturated carbocycles. The number of carbonyl (C=O) groups is 1. The van der Waals surface area contributed by atoms with E-state index in [-0.39, 0.29) is 11.9 Å². The van der Waals surface area contributed by atoms with Gasteiger partial charge in [-0.05, 0) is 55.9 Å². The summed E-state index contributed by atoms with van der Waals surface area (Å²) in [7, 11) is 0. The monoisotopic (exact) mass is 358 g/mol. The fraction of sp³-hybridized carbons (Fsp3) is 0.450. The van der Waals surface area contributed by atoms with Gasteiger partial charge in [0.1, 0.15) is 5.75 Å². The number of nitrogens with one attached hydrogen (secondary N) is 1. The molecule has 2 heterocycles. The first-order valence-corrected chi connectivity index (χ1v) is 9.95. The minimum absolute atomic E-state index is 0.0625. The molecule has 1 atom stereocenters. The Bertz CT molecular complexity index is 666. The van der Waals surface area contributed by atoms with Crippen molar-refractivity contribution in [2.45, 2.75) is 32.2 Å². The zero-order chi connectivity index (χ0) is 17.5. The van der Waals surface area contributed by atoms with Gasteiger partial charge in [0.2, 0.25) is 0 Å². The van der Waals surface area contributed by atoms with Gasteiger partial charge in [-0.2, -0.15) is 0 Å². The van der Waals surface area contributed by atoms with E-state index in [0.29, 0.717) is 24.5 Å². The normalized spacial score (nSPS) is 15.9. The molecule has 1 aliphatic rings. The lowest BCUT2D eigenvalue weighted by Crippen LogP contribution is -2.36. The van der Waals surface area contributed by atoms with E-state index in [1.807, 2.05) is 24.3 Å². The molecule has 1 saturated heterocycles. The highest BCUT2D eigenvalue weighted by atomic mass is 32.1. The van der Waals surface area contributed by atoms with E-state index in [0.717, 1.165) is 19.5 Å². The molecule has 1 N–H and O–H groups in total. The molecule has 3 rings (SSSR count). The summed E-state index contributed by atoms with van der Waals surface area (Å²) in [6, 6.07) is 12.0. The SMILES string of the molecule is CCCOc1ccccc1C(=O)NC[C@@H](c1cccs1)N1CCCC1. The molecular weight excluding hydrogens is 332 g/mol. The Morgan fingerprint density at radius 1 is 1.24 bits per heavy atom. The van der Waals surface area contributed by atoms with Gasteiger partial charge in [-0.15, -0.1) is 11.3 Å². The van der Waals surface area contributed by atoms with Crippen molar-refractivity contribution in [3.8, 4) is 5.75 Å². The van der Waals surface area contributed by atoms with Crippen LogP contribution >= 0.6 is 11.3 Å². The second-order valence-corrected chi connectivity index (χ2v) is 7.31. The van der Waals surface area contributed by atoms with Crippen LogP contribution < -0.4 is 10.1 Å². The van der Waals surface area contributed by atoms with Crippen molar-refractivity contribution in [1.29, 1.82) is 0 Å². The lowest BCUT2D eigenvalue weighted by atomic mass is 10.1. The highest BCUT2D eigenvalue weighted by Crippen LogP contribution is 2.28. The Morgan fingerprint density at radius 3 is 2.76 bits per heavy atom. The Hall–Kier alpha value is -1.85. The molecule has 4 nitrogen and oxygen atoms in total. The topological polar surface area (TPSA) is 41.6 Å². The second kappa shape index (κ2) is 9.02. The van der Waals surface area contributed by atoms with Crippen molar-refractivity contribution in [3.63, 3.8) is 0 Å². The number of hydrogen-bond donors (Lipinski definition) is 1. The summed E-state index contributed by atoms with van der Waals surface area (Å²) >= 11 is 1.76. The Kier molecular flexibility index (Phi) is 6.48. The van der Waals surface area contributed by atoms with Crippen LogP contribution in [0, 0.1) is 0 Å². The van der Waals surface area contributed by atoms with E-state index in [1.165, 1.54) is 17.7 Å². The lowest BCUT2D eigenvalue weighted by molar-refractivity contribution is 0.0934. The minimum Gasteiger partial charge on any atom is -0.493 e. The summed E-state index contributed by atoms with van der Waals surface area (Å²) in [6.45, 7) is 5.52. The average Bonchev–Trinajstić information content (AvgIpc) is 3.34. The van der Waals surface area contributed by atoms with Crippen LogP contribution in [0.5, 0.6) is 5.75 Å². The molecule has 25 heavy (non-hydrogen) atoms. The molecule has 1 aromatic carbocycles. The number of para-hydroxylation sites is 1. The fourth-order valence-electron chi connectivity index (χ4n) is 3.22. The van der Waals surface area contributed by atoms with Crippen molar-refractivity contribution in [1.82, 2.24) is 10.2 Å². The van der Waals surface area contributed by atoms with Crippen molar-refractivity contribution >= 4 is 17.2 Å². The number of rotatable bonds is 8. The number of hydrogen-bond acceptors (Lipinski definition) is 4. The average molecular weight is 359 g/mol. The van der Waals surface area contributed by atoms with Gasteiger partial charge in [0.05, 0.1) is 18.2 Å². The fourth-order valence-corrected chi connectivity index (χ4v) is 4.08. The molecule has 0 radical (unpaired) electrons. The third kappa shape index (κ3) is 4.61. The molecule has 134 valence electrons. The van der Waals surface area contributed by atoms with E-state index in [4.69, 9.17) is 4.74 Å². The predicted molar refractivity (Wildman–Crippen MR) is 102 cm³/mol. The molecule has 0 unspecified atom stereocenters. The molecule has 0 aliphatic carbocycles. The van der Waals surface area contributed by atoms with E-state index in [2.05, 4.69) is 34.7 Å². The number of nitrogens with zero attached hydrogens (tertiary/aromatic N) is 1. The van der Waals surface area contributed by atoms with Crippen LogP contribution in [0.4, 0.5) is 0 Å². The third-order valence-electron chi connectivity index (χ3n) is 4.50. The maximum atomic E-state index is 12.7. The summed E-state index contributed by atoms with van der Waals surface area (Å²) in [4.78, 5) is 16.5. The molecule has 0 bridgehead atoms. The van der Waals surface area contributed by atoms with E-state index in [9.17, 15) is 4.79 Å². The standard InChI is InChI=1S/C20H26N2O2S/c1-2-13-24-18-9-4-3-8-16(18)20(23)21-15-17(19-10-7-14-25-19)22-11-5-6-12-22/h3-4,7-10,14,17H,2,5-6,11-13,15H2,1H3,(H,21,23)/t17-/m0/s1. The highest BCUT2D eigenvalue weighted by Gasteiger charge is 2.25. The summed E-state index contributed by atoms with van der Waals surface area (Å²) in [6.07, 6.45) is 3.40. The number of carbonyl (C=O) groups excluding carboxylic acids is 1. The Morgan fingerprint density at radius 2 is 2.04 bits per heavy atom. The Balaban J connectivity index is 1.67. The van der Waals surface area contributed by atoms with Gasteiger partial charge in [0.25, 0.3) is 5.91 Å². The van der Waals surface area contributed by atoms with Crippen molar-refractivity contribution < 1.29 is 9.53 Å². The number of amides is 1. The third-order valence-corrected chi connectivity index (χ3v) is 5.48. The molecule has 0 spiro atoms. The number of likely N-dealkylation sites (tertiary alicyclic amines) is 1. The first-order chi connectivity index (χ1) is 12.3. The molecule has 1 fully saturated rings. The summed E-state index contributed by atoms with van der Waals surface area (Å²) < 4.78 is 5.72. The molecule has 1 aliphatic heterocycles. The van der Waals surface area contributed by atoms with Gasteiger partial charge in [-0.25, -0.2) is 0 Å². The number of benzene rings is 1. The van der Waals surface area contributed by atoms with Crippen molar-refractivity contribution in [3.05, 3.63) is 52.2 Å². The molecular formula is C20H26N2O2S. The largest absolute Gasteiger partial charge is 0.493 e. The van der Waals surface area contributed by atoms with E-state index >= 15 is 0 Å². The summed E-state index contributed by atoms with van der Waals surface area (Å²) in [5.41, 5.74) is 0.613. The lowest BCUT2D eigenvalue weighted by Gasteiger charge is -2.27. The first kappa shape index (κ1) is 18.0. The van der Waals surface area contributed by atoms with Crippen LogP contribution in [0.15, 0.2) is 41.8 Å². The van der Waals surface area contributed by atoms with Gasteiger partial charge in [0, 0.05) is 11.4 Å². The number of ether oxygens (including phenoxy) is 1.